The molecule has 0 radical (unpaired) electrons. The number of likely N-dealkylation sites (tertiary alicyclic amines) is 1. The van der Waals surface area contributed by atoms with E-state index < -0.39 is 5.60 Å². The lowest BCUT2D eigenvalue weighted by Crippen LogP contribution is -2.47. The number of aliphatic hydroxyl groups is 1. The van der Waals surface area contributed by atoms with E-state index in [1.165, 1.54) is 0 Å². The van der Waals surface area contributed by atoms with Crippen LogP contribution in [-0.4, -0.2) is 47.0 Å². The lowest BCUT2D eigenvalue weighted by Gasteiger charge is -2.38. The molecule has 194 valence electrons. The second-order valence-corrected chi connectivity index (χ2v) is 10.3. The van der Waals surface area contributed by atoms with E-state index >= 15 is 0 Å². The van der Waals surface area contributed by atoms with E-state index in [1.54, 1.807) is 48.5 Å². The highest BCUT2D eigenvalue weighted by atomic mass is 79.9. The van der Waals surface area contributed by atoms with E-state index in [-0.39, 0.29) is 17.5 Å². The summed E-state index contributed by atoms with van der Waals surface area (Å²) in [5, 5.41) is 15.0. The molecule has 38 heavy (non-hydrogen) atoms. The van der Waals surface area contributed by atoms with Gasteiger partial charge < -0.3 is 25.0 Å². The fraction of sp³-hybridized carbons (Fsp3) is 0.200. The molecule has 0 aliphatic carbocycles. The minimum absolute atomic E-state index is 0.164. The first-order chi connectivity index (χ1) is 18.4. The first-order valence-corrected chi connectivity index (χ1v) is 13.2. The number of halogens is 1. The molecule has 0 bridgehead atoms. The number of H-pyrrole nitrogens is 1. The molecule has 3 N–H and O–H groups in total. The number of aromatic nitrogens is 1. The Kier molecular flexibility index (Phi) is 7.35. The fourth-order valence-corrected chi connectivity index (χ4v) is 5.02. The van der Waals surface area contributed by atoms with Gasteiger partial charge in [0.1, 0.15) is 11.4 Å². The van der Waals surface area contributed by atoms with Crippen molar-refractivity contribution in [2.45, 2.75) is 18.4 Å². The Bertz CT molecular complexity index is 1490. The Morgan fingerprint density at radius 1 is 1.05 bits per heavy atom. The molecule has 4 aromatic rings. The first kappa shape index (κ1) is 25.8. The number of ether oxygens (including phenoxy) is 1. The van der Waals surface area contributed by atoms with Crippen LogP contribution in [0.15, 0.2) is 89.2 Å². The highest BCUT2D eigenvalue weighted by Gasteiger charge is 2.36. The van der Waals surface area contributed by atoms with E-state index in [9.17, 15) is 14.7 Å². The Morgan fingerprint density at radius 2 is 1.76 bits per heavy atom. The molecular weight excluding hydrogens is 546 g/mol. The van der Waals surface area contributed by atoms with Gasteiger partial charge in [-0.15, -0.1) is 0 Å². The molecule has 0 spiro atoms. The van der Waals surface area contributed by atoms with Gasteiger partial charge in [-0.1, -0.05) is 46.3 Å². The van der Waals surface area contributed by atoms with Crippen LogP contribution in [0.25, 0.3) is 17.0 Å². The standard InChI is InChI=1S/C30H28BrN3O4/c1-38-24-11-12-26-25(18-24)21(19-32-26)17-27(33-28(35)20-5-3-2-4-6-20)29(36)34-15-13-30(37,14-16-34)22-7-9-23(31)10-8-22/h2-12,17-19,32,37H,13-16H2,1H3,(H,33,35)/b27-17-. The minimum atomic E-state index is -1.01. The Labute approximate surface area is 229 Å². The summed E-state index contributed by atoms with van der Waals surface area (Å²) in [6, 6.07) is 22.0. The second-order valence-electron chi connectivity index (χ2n) is 9.36. The van der Waals surface area contributed by atoms with Gasteiger partial charge in [-0.25, -0.2) is 0 Å². The summed E-state index contributed by atoms with van der Waals surface area (Å²) in [6.07, 6.45) is 4.28. The monoisotopic (exact) mass is 573 g/mol. The number of carbonyl (C=O) groups excluding carboxylic acids is 2. The molecule has 2 amide bonds. The smallest absolute Gasteiger partial charge is 0.270 e. The van der Waals surface area contributed by atoms with E-state index in [0.717, 1.165) is 26.5 Å². The van der Waals surface area contributed by atoms with Crippen LogP contribution in [0, 0.1) is 0 Å². The van der Waals surface area contributed by atoms with Gasteiger partial charge in [0.2, 0.25) is 0 Å². The van der Waals surface area contributed by atoms with Gasteiger partial charge in [-0.2, -0.15) is 0 Å². The number of piperidine rings is 1. The van der Waals surface area contributed by atoms with Crippen molar-refractivity contribution in [2.75, 3.05) is 20.2 Å². The van der Waals surface area contributed by atoms with E-state index in [4.69, 9.17) is 4.74 Å². The molecule has 1 fully saturated rings. The molecule has 2 heterocycles. The number of rotatable bonds is 6. The van der Waals surface area contributed by atoms with Gasteiger partial charge in [0.05, 0.1) is 12.7 Å². The molecular formula is C30H28BrN3O4. The number of hydrogen-bond acceptors (Lipinski definition) is 4. The lowest BCUT2D eigenvalue weighted by molar-refractivity contribution is -0.131. The summed E-state index contributed by atoms with van der Waals surface area (Å²) in [5.74, 6) is 0.0200. The Hall–Kier alpha value is -3.88. The number of fused-ring (bicyclic) bond motifs is 1. The normalized spacial score (nSPS) is 15.3. The third-order valence-electron chi connectivity index (χ3n) is 6.99. The molecule has 0 saturated carbocycles. The fourth-order valence-electron chi connectivity index (χ4n) is 4.76. The Balaban J connectivity index is 1.43. The molecule has 1 aromatic heterocycles. The van der Waals surface area contributed by atoms with Crippen LogP contribution in [-0.2, 0) is 10.4 Å². The maximum absolute atomic E-state index is 13.8. The van der Waals surface area contributed by atoms with Crippen molar-refractivity contribution in [1.82, 2.24) is 15.2 Å². The van der Waals surface area contributed by atoms with Crippen molar-refractivity contribution in [1.29, 1.82) is 0 Å². The zero-order valence-corrected chi connectivity index (χ0v) is 22.5. The van der Waals surface area contributed by atoms with Gasteiger partial charge in [0, 0.05) is 45.8 Å². The molecule has 7 nitrogen and oxygen atoms in total. The van der Waals surface area contributed by atoms with E-state index in [2.05, 4.69) is 26.2 Å². The maximum atomic E-state index is 13.8. The number of amides is 2. The maximum Gasteiger partial charge on any atom is 0.270 e. The highest BCUT2D eigenvalue weighted by molar-refractivity contribution is 9.10. The van der Waals surface area contributed by atoms with Crippen LogP contribution < -0.4 is 10.1 Å². The summed E-state index contributed by atoms with van der Waals surface area (Å²) in [6.45, 7) is 0.706. The van der Waals surface area contributed by atoms with Crippen molar-refractivity contribution < 1.29 is 19.4 Å². The van der Waals surface area contributed by atoms with Crippen LogP contribution in [0.5, 0.6) is 5.75 Å². The van der Waals surface area contributed by atoms with Crippen molar-refractivity contribution in [3.63, 3.8) is 0 Å². The number of nitrogens with zero attached hydrogens (tertiary/aromatic N) is 1. The van der Waals surface area contributed by atoms with Crippen molar-refractivity contribution in [2.24, 2.45) is 0 Å². The molecule has 8 heteroatoms. The summed E-state index contributed by atoms with van der Waals surface area (Å²) in [7, 11) is 1.60. The lowest BCUT2D eigenvalue weighted by atomic mass is 9.84. The van der Waals surface area contributed by atoms with Gasteiger partial charge in [-0.3, -0.25) is 9.59 Å². The predicted molar refractivity (Wildman–Crippen MR) is 151 cm³/mol. The average molecular weight is 574 g/mol. The molecule has 1 aliphatic rings. The quantitative estimate of drug-likeness (QED) is 0.276. The van der Waals surface area contributed by atoms with Crippen molar-refractivity contribution in [3.05, 3.63) is 106 Å². The van der Waals surface area contributed by atoms with Crippen LogP contribution in [0.4, 0.5) is 0 Å². The molecule has 1 saturated heterocycles. The molecule has 1 aliphatic heterocycles. The SMILES string of the molecule is COc1ccc2[nH]cc(/C=C(\NC(=O)c3ccccc3)C(=O)N3CCC(O)(c4ccc(Br)cc4)CC3)c2c1. The number of carbonyl (C=O) groups is 2. The third kappa shape index (κ3) is 5.37. The minimum Gasteiger partial charge on any atom is -0.497 e. The molecule has 0 unspecified atom stereocenters. The highest BCUT2D eigenvalue weighted by Crippen LogP contribution is 2.34. The summed E-state index contributed by atoms with van der Waals surface area (Å²) >= 11 is 3.43. The third-order valence-corrected chi connectivity index (χ3v) is 7.52. The zero-order chi connectivity index (χ0) is 26.7. The number of benzene rings is 3. The summed E-state index contributed by atoms with van der Waals surface area (Å²) in [4.78, 5) is 31.7. The predicted octanol–water partition coefficient (Wildman–Crippen LogP) is 5.22. The number of aromatic amines is 1. The van der Waals surface area contributed by atoms with Gasteiger partial charge in [0.15, 0.2) is 0 Å². The van der Waals surface area contributed by atoms with Gasteiger partial charge in [-0.05, 0) is 66.9 Å². The van der Waals surface area contributed by atoms with Gasteiger partial charge in [0.25, 0.3) is 11.8 Å². The van der Waals surface area contributed by atoms with Gasteiger partial charge >= 0.3 is 0 Å². The average Bonchev–Trinajstić information content (AvgIpc) is 3.35. The molecule has 3 aromatic carbocycles. The summed E-state index contributed by atoms with van der Waals surface area (Å²) in [5.41, 5.74) is 2.07. The topological polar surface area (TPSA) is 94.7 Å². The number of methoxy groups -OCH3 is 1. The second kappa shape index (κ2) is 10.8. The van der Waals surface area contributed by atoms with Crippen LogP contribution in [0.2, 0.25) is 0 Å². The largest absolute Gasteiger partial charge is 0.497 e. The first-order valence-electron chi connectivity index (χ1n) is 12.4. The van der Waals surface area contributed by atoms with Crippen molar-refractivity contribution in [3.8, 4) is 5.75 Å². The van der Waals surface area contributed by atoms with Crippen LogP contribution in [0.3, 0.4) is 0 Å². The van der Waals surface area contributed by atoms with Crippen LogP contribution in [0.1, 0.15) is 34.3 Å². The molecule has 0 atom stereocenters. The Morgan fingerprint density at radius 3 is 2.45 bits per heavy atom. The number of nitrogens with one attached hydrogen (secondary N) is 2. The van der Waals surface area contributed by atoms with E-state index in [0.29, 0.717) is 37.2 Å². The summed E-state index contributed by atoms with van der Waals surface area (Å²) < 4.78 is 6.31. The molecule has 5 rings (SSSR count). The number of hydrogen-bond donors (Lipinski definition) is 3. The van der Waals surface area contributed by atoms with E-state index in [1.807, 2.05) is 48.5 Å². The van der Waals surface area contributed by atoms with Crippen LogP contribution >= 0.6 is 15.9 Å². The van der Waals surface area contributed by atoms with Crippen molar-refractivity contribution >= 4 is 44.7 Å². The zero-order valence-electron chi connectivity index (χ0n) is 20.9.